The van der Waals surface area contributed by atoms with E-state index in [2.05, 4.69) is 41.9 Å². The molecule has 7 heteroatoms. The molecule has 0 fully saturated rings. The van der Waals surface area contributed by atoms with Crippen molar-refractivity contribution in [2.75, 3.05) is 10.7 Å². The van der Waals surface area contributed by atoms with E-state index in [9.17, 15) is 9.18 Å². The van der Waals surface area contributed by atoms with Gasteiger partial charge in [0.25, 0.3) is 5.91 Å². The molecule has 2 aliphatic carbocycles. The van der Waals surface area contributed by atoms with E-state index in [1.54, 1.807) is 24.4 Å². The molecule has 0 spiro atoms. The molecule has 4 N–H and O–H groups in total. The maximum absolute atomic E-state index is 13.4. The Morgan fingerprint density at radius 2 is 2.11 bits per heavy atom. The Labute approximate surface area is 205 Å². The van der Waals surface area contributed by atoms with Crippen LogP contribution in [0, 0.1) is 17.7 Å². The second-order valence-corrected chi connectivity index (χ2v) is 9.67. The number of nitrogens with two attached hydrogens (primary N) is 1. The van der Waals surface area contributed by atoms with E-state index >= 15 is 0 Å². The number of nitrogens with one attached hydrogen (secondary N) is 2. The Morgan fingerprint density at radius 3 is 2.86 bits per heavy atom. The number of benzene rings is 1. The third-order valence-corrected chi connectivity index (χ3v) is 7.43. The van der Waals surface area contributed by atoms with Crippen molar-refractivity contribution in [2.45, 2.75) is 52.0 Å². The Hall–Kier alpha value is -3.61. The minimum atomic E-state index is -0.240. The standard InChI is InChI=1S/C28H32FN5O/c1-3-4-21(33-28(35)23-11-12-31-16-25(23)30)13-18-5-6-19-14-26-24(17(2)27(18)19)15-32-34(26)22-9-7-20(29)8-10-22/h7-12,14-18,21,32H,3-6,13,30H2,1-2H3,(H,33,35)/t17-,18+,21?/m0/s1. The number of hydrazine groups is 1. The highest BCUT2D eigenvalue weighted by atomic mass is 19.1. The molecule has 3 aliphatic rings. The van der Waals surface area contributed by atoms with Crippen LogP contribution in [0.1, 0.15) is 56.3 Å². The van der Waals surface area contributed by atoms with Crippen LogP contribution < -0.4 is 21.5 Å². The van der Waals surface area contributed by atoms with Crippen molar-refractivity contribution in [3.63, 3.8) is 0 Å². The Bertz CT molecular complexity index is 1220. The number of halogens is 1. The number of carbonyl (C=O) groups excluding carboxylic acids is 1. The molecular formula is C28H32FN5O. The zero-order valence-electron chi connectivity index (χ0n) is 20.2. The van der Waals surface area contributed by atoms with Crippen LogP contribution in [0.5, 0.6) is 0 Å². The summed E-state index contributed by atoms with van der Waals surface area (Å²) in [6.45, 7) is 4.42. The summed E-state index contributed by atoms with van der Waals surface area (Å²) >= 11 is 0. The molecule has 1 aromatic heterocycles. The molecule has 0 saturated heterocycles. The zero-order valence-corrected chi connectivity index (χ0v) is 20.2. The van der Waals surface area contributed by atoms with Crippen LogP contribution in [-0.4, -0.2) is 16.9 Å². The molecule has 3 atom stereocenters. The molecule has 182 valence electrons. The van der Waals surface area contributed by atoms with E-state index in [1.807, 2.05) is 5.01 Å². The molecule has 2 heterocycles. The highest BCUT2D eigenvalue weighted by Crippen LogP contribution is 2.49. The van der Waals surface area contributed by atoms with Crippen LogP contribution in [0.15, 0.2) is 77.4 Å². The number of pyridine rings is 1. The van der Waals surface area contributed by atoms with Gasteiger partial charge in [0.15, 0.2) is 0 Å². The maximum atomic E-state index is 13.4. The third kappa shape index (κ3) is 4.43. The van der Waals surface area contributed by atoms with Gasteiger partial charge in [0, 0.05) is 29.9 Å². The molecule has 0 saturated carbocycles. The summed E-state index contributed by atoms with van der Waals surface area (Å²) in [5, 5.41) is 5.27. The number of nitrogens with zero attached hydrogens (tertiary/aromatic N) is 2. The van der Waals surface area contributed by atoms with E-state index in [0.29, 0.717) is 17.2 Å². The molecule has 0 bridgehead atoms. The van der Waals surface area contributed by atoms with Gasteiger partial charge < -0.3 is 16.5 Å². The summed E-state index contributed by atoms with van der Waals surface area (Å²) in [7, 11) is 0. The summed E-state index contributed by atoms with van der Waals surface area (Å²) in [4.78, 5) is 16.9. The van der Waals surface area contributed by atoms with Crippen LogP contribution in [0.4, 0.5) is 15.8 Å². The SMILES string of the molecule is CCCC(C[C@H]1CCC2=C1[C@@H](C)C1=CNN(c3ccc(F)cc3)C1=C2)NC(=O)c1ccncc1N. The first kappa shape index (κ1) is 23.1. The molecule has 1 aromatic carbocycles. The van der Waals surface area contributed by atoms with E-state index in [-0.39, 0.29) is 23.7 Å². The van der Waals surface area contributed by atoms with E-state index < -0.39 is 0 Å². The first-order chi connectivity index (χ1) is 17.0. The van der Waals surface area contributed by atoms with Crippen molar-refractivity contribution in [3.8, 4) is 0 Å². The summed E-state index contributed by atoms with van der Waals surface area (Å²) in [5.74, 6) is 0.331. The van der Waals surface area contributed by atoms with Crippen LogP contribution in [0.2, 0.25) is 0 Å². The average molecular weight is 474 g/mol. The van der Waals surface area contributed by atoms with Gasteiger partial charge in [-0.3, -0.25) is 14.8 Å². The number of rotatable bonds is 7. The van der Waals surface area contributed by atoms with Gasteiger partial charge in [0.2, 0.25) is 0 Å². The van der Waals surface area contributed by atoms with Crippen molar-refractivity contribution in [2.24, 2.45) is 11.8 Å². The number of hydrogen-bond donors (Lipinski definition) is 3. The minimum Gasteiger partial charge on any atom is -0.397 e. The number of aromatic nitrogens is 1. The number of carbonyl (C=O) groups is 1. The second kappa shape index (κ2) is 9.56. The van der Waals surface area contributed by atoms with Crippen molar-refractivity contribution in [1.82, 2.24) is 15.7 Å². The molecule has 1 amide bonds. The quantitative estimate of drug-likeness (QED) is 0.512. The largest absolute Gasteiger partial charge is 0.397 e. The van der Waals surface area contributed by atoms with Gasteiger partial charge in [0.1, 0.15) is 5.82 Å². The van der Waals surface area contributed by atoms with Gasteiger partial charge in [-0.1, -0.05) is 25.8 Å². The molecule has 1 unspecified atom stereocenters. The van der Waals surface area contributed by atoms with Crippen LogP contribution in [0.3, 0.4) is 0 Å². The second-order valence-electron chi connectivity index (χ2n) is 9.67. The number of amides is 1. The number of anilines is 2. The lowest BCUT2D eigenvalue weighted by atomic mass is 9.78. The molecule has 35 heavy (non-hydrogen) atoms. The highest BCUT2D eigenvalue weighted by molar-refractivity contribution is 5.99. The van der Waals surface area contributed by atoms with Gasteiger partial charge in [-0.15, -0.1) is 0 Å². The van der Waals surface area contributed by atoms with Gasteiger partial charge in [0.05, 0.1) is 28.8 Å². The van der Waals surface area contributed by atoms with E-state index in [1.165, 1.54) is 35.0 Å². The molecule has 6 nitrogen and oxygen atoms in total. The lowest BCUT2D eigenvalue weighted by Crippen LogP contribution is -2.37. The normalized spacial score (nSPS) is 21.6. The Kier molecular flexibility index (Phi) is 6.32. The van der Waals surface area contributed by atoms with Gasteiger partial charge >= 0.3 is 0 Å². The first-order valence-corrected chi connectivity index (χ1v) is 12.4. The summed E-state index contributed by atoms with van der Waals surface area (Å²) < 4.78 is 13.4. The fourth-order valence-electron chi connectivity index (χ4n) is 5.78. The van der Waals surface area contributed by atoms with E-state index in [4.69, 9.17) is 5.73 Å². The average Bonchev–Trinajstić information content (AvgIpc) is 3.45. The van der Waals surface area contributed by atoms with Crippen molar-refractivity contribution < 1.29 is 9.18 Å². The van der Waals surface area contributed by atoms with E-state index in [0.717, 1.165) is 43.5 Å². The molecule has 1 aliphatic heterocycles. The van der Waals surface area contributed by atoms with Gasteiger partial charge in [-0.2, -0.15) is 0 Å². The first-order valence-electron chi connectivity index (χ1n) is 12.4. The molecular weight excluding hydrogens is 441 g/mol. The third-order valence-electron chi connectivity index (χ3n) is 7.43. The topological polar surface area (TPSA) is 83.3 Å². The zero-order chi connectivity index (χ0) is 24.5. The molecule has 0 radical (unpaired) electrons. The number of nitrogen functional groups attached to an aromatic ring is 1. The van der Waals surface area contributed by atoms with Crippen molar-refractivity contribution >= 4 is 17.3 Å². The van der Waals surface area contributed by atoms with Crippen LogP contribution in [-0.2, 0) is 0 Å². The maximum Gasteiger partial charge on any atom is 0.253 e. The predicted molar refractivity (Wildman–Crippen MR) is 137 cm³/mol. The minimum absolute atomic E-state index is 0.0842. The number of allylic oxidation sites excluding steroid dienone is 4. The Balaban J connectivity index is 1.35. The highest BCUT2D eigenvalue weighted by Gasteiger charge is 2.38. The molecule has 5 rings (SSSR count). The van der Waals surface area contributed by atoms with Gasteiger partial charge in [-0.05, 0) is 73.6 Å². The summed E-state index contributed by atoms with van der Waals surface area (Å²) in [6, 6.07) is 8.31. The van der Waals surface area contributed by atoms with Crippen molar-refractivity contribution in [3.05, 3.63) is 88.8 Å². The number of hydrogen-bond acceptors (Lipinski definition) is 5. The summed E-state index contributed by atoms with van der Waals surface area (Å²) in [5.41, 5.74) is 16.4. The van der Waals surface area contributed by atoms with Crippen molar-refractivity contribution in [1.29, 1.82) is 0 Å². The fraction of sp³-hybridized carbons (Fsp3) is 0.357. The van der Waals surface area contributed by atoms with Crippen LogP contribution >= 0.6 is 0 Å². The lowest BCUT2D eigenvalue weighted by molar-refractivity contribution is 0.0930. The molecule has 2 aromatic rings. The fourth-order valence-corrected chi connectivity index (χ4v) is 5.78. The number of fused-ring (bicyclic) bond motifs is 1. The van der Waals surface area contributed by atoms with Crippen LogP contribution in [0.25, 0.3) is 0 Å². The smallest absolute Gasteiger partial charge is 0.253 e. The summed E-state index contributed by atoms with van der Waals surface area (Å²) in [6.07, 6.45) is 12.4. The van der Waals surface area contributed by atoms with Gasteiger partial charge in [-0.25, -0.2) is 4.39 Å². The lowest BCUT2D eigenvalue weighted by Gasteiger charge is -2.31. The monoisotopic (exact) mass is 473 g/mol. The Morgan fingerprint density at radius 1 is 1.31 bits per heavy atom. The predicted octanol–water partition coefficient (Wildman–Crippen LogP) is 5.24.